The van der Waals surface area contributed by atoms with Crippen molar-refractivity contribution in [2.24, 2.45) is 11.3 Å². The van der Waals surface area contributed by atoms with E-state index < -0.39 is 17.3 Å². The van der Waals surface area contributed by atoms with Crippen LogP contribution >= 0.6 is 0 Å². The number of nitriles is 1. The van der Waals surface area contributed by atoms with E-state index in [0.29, 0.717) is 0 Å². The van der Waals surface area contributed by atoms with Crippen molar-refractivity contribution < 1.29 is 14.7 Å². The Kier molecular flexibility index (Phi) is 2.97. The van der Waals surface area contributed by atoms with E-state index in [1.165, 1.54) is 20.8 Å². The number of Topliss-reactive ketones (excluding diaryl/α,β-unsaturated/α-hetero) is 1. The molecular formula is C8H11NO3. The Morgan fingerprint density at radius 3 is 2.00 bits per heavy atom. The van der Waals surface area contributed by atoms with Crippen molar-refractivity contribution in [1.82, 2.24) is 0 Å². The zero-order valence-electron chi connectivity index (χ0n) is 7.29. The molecule has 1 N–H and O–H groups in total. The molecule has 0 bridgehead atoms. The lowest BCUT2D eigenvalue weighted by Crippen LogP contribution is -2.35. The van der Waals surface area contributed by atoms with E-state index in [0.717, 1.165) is 0 Å². The van der Waals surface area contributed by atoms with Gasteiger partial charge in [0.2, 0.25) is 0 Å². The second-order valence-electron chi connectivity index (χ2n) is 3.18. The van der Waals surface area contributed by atoms with Crippen molar-refractivity contribution in [2.45, 2.75) is 20.8 Å². The number of ketones is 1. The Balaban J connectivity index is 4.87. The Morgan fingerprint density at radius 2 is 1.92 bits per heavy atom. The van der Waals surface area contributed by atoms with Crippen LogP contribution < -0.4 is 0 Å². The number of nitrogens with zero attached hydrogens (tertiary/aromatic N) is 1. The van der Waals surface area contributed by atoms with Gasteiger partial charge >= 0.3 is 5.97 Å². The molecule has 0 aromatic rings. The average molecular weight is 169 g/mol. The lowest BCUT2D eigenvalue weighted by Gasteiger charge is -2.22. The summed E-state index contributed by atoms with van der Waals surface area (Å²) in [5.41, 5.74) is -1.11. The smallest absolute Gasteiger partial charge is 0.321 e. The molecule has 0 heterocycles. The summed E-state index contributed by atoms with van der Waals surface area (Å²) in [6, 6.07) is 1.60. The molecule has 4 nitrogen and oxygen atoms in total. The molecular weight excluding hydrogens is 158 g/mol. The van der Waals surface area contributed by atoms with Gasteiger partial charge in [-0.25, -0.2) is 0 Å². The second kappa shape index (κ2) is 3.35. The minimum absolute atomic E-state index is 0.295. The van der Waals surface area contributed by atoms with Crippen molar-refractivity contribution in [3.05, 3.63) is 0 Å². The highest BCUT2D eigenvalue weighted by atomic mass is 16.4. The molecule has 4 heteroatoms. The molecule has 12 heavy (non-hydrogen) atoms. The number of rotatable bonds is 3. The molecule has 0 radical (unpaired) electrons. The maximum Gasteiger partial charge on any atom is 0.321 e. The van der Waals surface area contributed by atoms with Crippen LogP contribution in [-0.2, 0) is 9.59 Å². The van der Waals surface area contributed by atoms with Gasteiger partial charge in [0.15, 0.2) is 5.92 Å². The molecule has 0 amide bonds. The number of carbonyl (C=O) groups excluding carboxylic acids is 1. The topological polar surface area (TPSA) is 78.2 Å². The molecule has 66 valence electrons. The Labute approximate surface area is 70.8 Å². The molecule has 0 spiro atoms. The monoisotopic (exact) mass is 169 g/mol. The first-order chi connectivity index (χ1) is 5.34. The summed E-state index contributed by atoms with van der Waals surface area (Å²) in [7, 11) is 0. The summed E-state index contributed by atoms with van der Waals surface area (Å²) in [6.45, 7) is 4.20. The Bertz CT molecular complexity index is 250. The van der Waals surface area contributed by atoms with Crippen LogP contribution in [0.4, 0.5) is 0 Å². The highest BCUT2D eigenvalue weighted by Crippen LogP contribution is 2.27. The maximum absolute atomic E-state index is 11.0. The van der Waals surface area contributed by atoms with Gasteiger partial charge in [-0.1, -0.05) is 13.8 Å². The summed E-state index contributed by atoms with van der Waals surface area (Å²) in [5, 5.41) is 17.1. The Hall–Kier alpha value is -1.37. The van der Waals surface area contributed by atoms with Gasteiger partial charge in [0.05, 0.1) is 6.07 Å². The lowest BCUT2D eigenvalue weighted by atomic mass is 9.77. The van der Waals surface area contributed by atoms with Crippen LogP contribution in [-0.4, -0.2) is 16.9 Å². The van der Waals surface area contributed by atoms with Gasteiger partial charge in [-0.2, -0.15) is 5.26 Å². The van der Waals surface area contributed by atoms with Crippen LogP contribution in [0.3, 0.4) is 0 Å². The van der Waals surface area contributed by atoms with Crippen LogP contribution in [0.2, 0.25) is 0 Å². The van der Waals surface area contributed by atoms with E-state index in [2.05, 4.69) is 0 Å². The van der Waals surface area contributed by atoms with Crippen LogP contribution in [0.25, 0.3) is 0 Å². The minimum atomic E-state index is -1.27. The van der Waals surface area contributed by atoms with E-state index in [9.17, 15) is 9.59 Å². The summed E-state index contributed by atoms with van der Waals surface area (Å²) in [6.07, 6.45) is 0. The number of carbonyl (C=O) groups is 2. The zero-order valence-corrected chi connectivity index (χ0v) is 7.29. The summed E-state index contributed by atoms with van der Waals surface area (Å²) in [4.78, 5) is 21.5. The van der Waals surface area contributed by atoms with Gasteiger partial charge in [0, 0.05) is 5.41 Å². The molecule has 0 aliphatic heterocycles. The first-order valence-electron chi connectivity index (χ1n) is 3.47. The fourth-order valence-electron chi connectivity index (χ4n) is 0.729. The third kappa shape index (κ3) is 1.82. The standard InChI is InChI=1S/C8H11NO3/c1-5(10)8(2,3)6(4-9)7(11)12/h6H,1-3H3,(H,11,12)/t6-/m0/s1. The largest absolute Gasteiger partial charge is 0.480 e. The number of carboxylic acids is 1. The van der Waals surface area contributed by atoms with Crippen LogP contribution in [0.5, 0.6) is 0 Å². The van der Waals surface area contributed by atoms with Crippen LogP contribution in [0.15, 0.2) is 0 Å². The highest BCUT2D eigenvalue weighted by molar-refractivity contribution is 5.88. The number of hydrogen-bond donors (Lipinski definition) is 1. The minimum Gasteiger partial charge on any atom is -0.480 e. The van der Waals surface area contributed by atoms with E-state index in [-0.39, 0.29) is 5.78 Å². The molecule has 0 saturated heterocycles. The fourth-order valence-corrected chi connectivity index (χ4v) is 0.729. The Morgan fingerprint density at radius 1 is 1.50 bits per heavy atom. The molecule has 1 atom stereocenters. The van der Waals surface area contributed by atoms with Gasteiger partial charge in [0.25, 0.3) is 0 Å². The predicted molar refractivity (Wildman–Crippen MR) is 41.2 cm³/mol. The van der Waals surface area contributed by atoms with Crippen molar-refractivity contribution in [3.8, 4) is 6.07 Å². The van der Waals surface area contributed by atoms with Crippen LogP contribution in [0.1, 0.15) is 20.8 Å². The van der Waals surface area contributed by atoms with Crippen molar-refractivity contribution in [3.63, 3.8) is 0 Å². The molecule has 0 unspecified atom stereocenters. The van der Waals surface area contributed by atoms with Gasteiger partial charge in [0.1, 0.15) is 5.78 Å². The van der Waals surface area contributed by atoms with E-state index in [4.69, 9.17) is 10.4 Å². The van der Waals surface area contributed by atoms with Crippen molar-refractivity contribution >= 4 is 11.8 Å². The molecule has 0 aromatic heterocycles. The van der Waals surface area contributed by atoms with Gasteiger partial charge in [-0.15, -0.1) is 0 Å². The first kappa shape index (κ1) is 10.6. The normalized spacial score (nSPS) is 13.2. The third-order valence-corrected chi connectivity index (χ3v) is 2.01. The molecule has 0 rings (SSSR count). The number of hydrogen-bond acceptors (Lipinski definition) is 3. The summed E-state index contributed by atoms with van der Waals surface area (Å²) >= 11 is 0. The third-order valence-electron chi connectivity index (χ3n) is 2.01. The fraction of sp³-hybridized carbons (Fsp3) is 0.625. The quantitative estimate of drug-likeness (QED) is 0.678. The van der Waals surface area contributed by atoms with E-state index in [1.54, 1.807) is 6.07 Å². The van der Waals surface area contributed by atoms with Gasteiger partial charge in [-0.3, -0.25) is 9.59 Å². The van der Waals surface area contributed by atoms with Gasteiger partial charge in [-0.05, 0) is 6.92 Å². The van der Waals surface area contributed by atoms with Crippen molar-refractivity contribution in [1.29, 1.82) is 5.26 Å². The summed E-state index contributed by atoms with van der Waals surface area (Å²) < 4.78 is 0. The lowest BCUT2D eigenvalue weighted by molar-refractivity contribution is -0.147. The van der Waals surface area contributed by atoms with E-state index >= 15 is 0 Å². The van der Waals surface area contributed by atoms with Crippen LogP contribution in [0, 0.1) is 22.7 Å². The van der Waals surface area contributed by atoms with E-state index in [1.807, 2.05) is 0 Å². The predicted octanol–water partition coefficient (Wildman–Crippen LogP) is 0.826. The zero-order chi connectivity index (χ0) is 9.94. The molecule has 0 aliphatic rings. The van der Waals surface area contributed by atoms with Gasteiger partial charge < -0.3 is 5.11 Å². The molecule has 0 saturated carbocycles. The van der Waals surface area contributed by atoms with Crippen molar-refractivity contribution in [2.75, 3.05) is 0 Å². The summed E-state index contributed by atoms with van der Waals surface area (Å²) in [5.74, 6) is -2.82. The molecule has 0 fully saturated rings. The number of aliphatic carboxylic acids is 1. The average Bonchev–Trinajstić information content (AvgIpc) is 1.86. The second-order valence-corrected chi connectivity index (χ2v) is 3.18. The maximum atomic E-state index is 11.0. The molecule has 0 aliphatic carbocycles. The highest BCUT2D eigenvalue weighted by Gasteiger charge is 2.39. The molecule has 0 aromatic carbocycles. The number of carboxylic acid groups (broad SMARTS) is 1. The first-order valence-corrected chi connectivity index (χ1v) is 3.47. The SMILES string of the molecule is CC(=O)C(C)(C)[C@@H](C#N)C(=O)O.